The molecule has 0 radical (unpaired) electrons. The lowest BCUT2D eigenvalue weighted by Crippen LogP contribution is -2.14. The smallest absolute Gasteiger partial charge is 0.159 e. The number of hydrogen-bond acceptors (Lipinski definition) is 4. The highest BCUT2D eigenvalue weighted by atomic mass is 14.9. The fourth-order valence-corrected chi connectivity index (χ4v) is 2.19. The second-order valence-electron chi connectivity index (χ2n) is 4.50. The molecule has 0 bridgehead atoms. The quantitative estimate of drug-likeness (QED) is 0.896. The van der Waals surface area contributed by atoms with Gasteiger partial charge >= 0.3 is 0 Å². The minimum atomic E-state index is 0.288. The maximum atomic E-state index is 5.73. The maximum absolute atomic E-state index is 5.73. The normalized spacial score (nSPS) is 12.4. The van der Waals surface area contributed by atoms with E-state index in [4.69, 9.17) is 5.73 Å². The molecule has 0 spiro atoms. The Bertz CT molecular complexity index is 514. The Hall–Kier alpha value is -1.81. The molecule has 2 N–H and O–H groups in total. The maximum Gasteiger partial charge on any atom is 0.159 e. The van der Waals surface area contributed by atoms with Crippen molar-refractivity contribution in [2.24, 2.45) is 5.73 Å². The summed E-state index contributed by atoms with van der Waals surface area (Å²) in [5.41, 5.74) is 9.89. The molecule has 2 rings (SSSR count). The molecule has 94 valence electrons. The van der Waals surface area contributed by atoms with Crippen molar-refractivity contribution in [3.8, 4) is 11.4 Å². The van der Waals surface area contributed by atoms with Gasteiger partial charge in [0.15, 0.2) is 5.82 Å². The highest BCUT2D eigenvalue weighted by molar-refractivity contribution is 5.54. The van der Waals surface area contributed by atoms with Gasteiger partial charge in [0.25, 0.3) is 0 Å². The molecule has 0 aromatic carbocycles. The van der Waals surface area contributed by atoms with Gasteiger partial charge in [0.1, 0.15) is 0 Å². The second-order valence-corrected chi connectivity index (χ2v) is 4.50. The summed E-state index contributed by atoms with van der Waals surface area (Å²) < 4.78 is 0. The summed E-state index contributed by atoms with van der Waals surface area (Å²) in [5, 5.41) is 0. The van der Waals surface area contributed by atoms with Gasteiger partial charge in [0.05, 0.1) is 0 Å². The SMILES string of the molecule is Cc1nc(-c2ccncc2)nc(C)c1C(C)CN. The van der Waals surface area contributed by atoms with E-state index in [-0.39, 0.29) is 5.92 Å². The van der Waals surface area contributed by atoms with Crippen LogP contribution in [0.3, 0.4) is 0 Å². The lowest BCUT2D eigenvalue weighted by Gasteiger charge is -2.15. The number of hydrogen-bond donors (Lipinski definition) is 1. The average molecular weight is 242 g/mol. The van der Waals surface area contributed by atoms with Gasteiger partial charge in [-0.15, -0.1) is 0 Å². The second kappa shape index (κ2) is 5.23. The lowest BCUT2D eigenvalue weighted by molar-refractivity contribution is 0.744. The Morgan fingerprint density at radius 2 is 1.67 bits per heavy atom. The van der Waals surface area contributed by atoms with Crippen LogP contribution < -0.4 is 5.73 Å². The van der Waals surface area contributed by atoms with Crippen LogP contribution in [0, 0.1) is 13.8 Å². The van der Waals surface area contributed by atoms with Crippen LogP contribution in [0.1, 0.15) is 29.8 Å². The van der Waals surface area contributed by atoms with Crippen LogP contribution >= 0.6 is 0 Å². The molecule has 0 saturated carbocycles. The van der Waals surface area contributed by atoms with Gasteiger partial charge in [-0.2, -0.15) is 0 Å². The zero-order valence-corrected chi connectivity index (χ0v) is 11.0. The van der Waals surface area contributed by atoms with Crippen LogP contribution in [0.25, 0.3) is 11.4 Å². The van der Waals surface area contributed by atoms with E-state index < -0.39 is 0 Å². The first-order valence-corrected chi connectivity index (χ1v) is 6.09. The molecule has 1 unspecified atom stereocenters. The van der Waals surface area contributed by atoms with E-state index in [1.807, 2.05) is 26.0 Å². The van der Waals surface area contributed by atoms with Crippen LogP contribution in [0.4, 0.5) is 0 Å². The van der Waals surface area contributed by atoms with E-state index in [1.54, 1.807) is 12.4 Å². The predicted molar refractivity (Wildman–Crippen MR) is 72.2 cm³/mol. The molecular formula is C14H18N4. The number of nitrogens with two attached hydrogens (primary N) is 1. The van der Waals surface area contributed by atoms with E-state index in [0.29, 0.717) is 6.54 Å². The van der Waals surface area contributed by atoms with Crippen molar-refractivity contribution in [3.05, 3.63) is 41.5 Å². The predicted octanol–water partition coefficient (Wildman–Crippen LogP) is 2.22. The third-order valence-corrected chi connectivity index (χ3v) is 3.11. The van der Waals surface area contributed by atoms with Crippen LogP contribution in [0.5, 0.6) is 0 Å². The highest BCUT2D eigenvalue weighted by Gasteiger charge is 2.14. The Balaban J connectivity index is 2.49. The third-order valence-electron chi connectivity index (χ3n) is 3.11. The fraction of sp³-hybridized carbons (Fsp3) is 0.357. The van der Waals surface area contributed by atoms with Crippen molar-refractivity contribution >= 4 is 0 Å². The number of pyridine rings is 1. The van der Waals surface area contributed by atoms with Crippen LogP contribution in [-0.4, -0.2) is 21.5 Å². The van der Waals surface area contributed by atoms with Crippen molar-refractivity contribution in [1.82, 2.24) is 15.0 Å². The Kier molecular flexibility index (Phi) is 3.67. The summed E-state index contributed by atoms with van der Waals surface area (Å²) >= 11 is 0. The van der Waals surface area contributed by atoms with E-state index in [2.05, 4.69) is 21.9 Å². The fourth-order valence-electron chi connectivity index (χ4n) is 2.19. The minimum Gasteiger partial charge on any atom is -0.330 e. The number of aryl methyl sites for hydroxylation is 2. The van der Waals surface area contributed by atoms with Gasteiger partial charge in [-0.25, -0.2) is 9.97 Å². The molecule has 0 amide bonds. The molecule has 1 atom stereocenters. The summed E-state index contributed by atoms with van der Waals surface area (Å²) in [6.45, 7) is 6.74. The summed E-state index contributed by atoms with van der Waals surface area (Å²) in [6.07, 6.45) is 3.50. The zero-order valence-electron chi connectivity index (χ0n) is 11.0. The molecule has 0 aliphatic heterocycles. The standard InChI is InChI=1S/C14H18N4/c1-9(8-15)13-10(2)17-14(18-11(13)3)12-4-6-16-7-5-12/h4-7,9H,8,15H2,1-3H3. The van der Waals surface area contributed by atoms with E-state index in [0.717, 1.165) is 28.3 Å². The third kappa shape index (κ3) is 2.38. The van der Waals surface area contributed by atoms with E-state index in [1.165, 1.54) is 0 Å². The summed E-state index contributed by atoms with van der Waals surface area (Å²) in [5.74, 6) is 1.04. The molecule has 2 heterocycles. The monoisotopic (exact) mass is 242 g/mol. The largest absolute Gasteiger partial charge is 0.330 e. The number of aromatic nitrogens is 3. The molecule has 2 aromatic heterocycles. The molecule has 0 aliphatic rings. The van der Waals surface area contributed by atoms with Crippen molar-refractivity contribution in [3.63, 3.8) is 0 Å². The lowest BCUT2D eigenvalue weighted by atomic mass is 9.98. The van der Waals surface area contributed by atoms with Crippen LogP contribution in [-0.2, 0) is 0 Å². The first kappa shape index (κ1) is 12.6. The molecule has 0 fully saturated rings. The van der Waals surface area contributed by atoms with Gasteiger partial charge in [-0.1, -0.05) is 6.92 Å². The molecule has 4 nitrogen and oxygen atoms in total. The molecule has 0 saturated heterocycles. The van der Waals surface area contributed by atoms with Crippen molar-refractivity contribution in [2.75, 3.05) is 6.54 Å². The van der Waals surface area contributed by atoms with Gasteiger partial charge in [-0.3, -0.25) is 4.98 Å². The highest BCUT2D eigenvalue weighted by Crippen LogP contribution is 2.23. The van der Waals surface area contributed by atoms with Gasteiger partial charge < -0.3 is 5.73 Å². The molecule has 18 heavy (non-hydrogen) atoms. The average Bonchev–Trinajstić information content (AvgIpc) is 2.38. The van der Waals surface area contributed by atoms with Crippen molar-refractivity contribution in [2.45, 2.75) is 26.7 Å². The van der Waals surface area contributed by atoms with Crippen LogP contribution in [0.15, 0.2) is 24.5 Å². The molecule has 0 aliphatic carbocycles. The minimum absolute atomic E-state index is 0.288. The topological polar surface area (TPSA) is 64.7 Å². The van der Waals surface area contributed by atoms with E-state index >= 15 is 0 Å². The first-order chi connectivity index (χ1) is 8.63. The number of nitrogens with zero attached hydrogens (tertiary/aromatic N) is 3. The van der Waals surface area contributed by atoms with Crippen molar-refractivity contribution < 1.29 is 0 Å². The van der Waals surface area contributed by atoms with E-state index in [9.17, 15) is 0 Å². The summed E-state index contributed by atoms with van der Waals surface area (Å²) in [4.78, 5) is 13.2. The summed E-state index contributed by atoms with van der Waals surface area (Å²) in [6, 6.07) is 3.83. The zero-order chi connectivity index (χ0) is 13.1. The first-order valence-electron chi connectivity index (χ1n) is 6.09. The Labute approximate surface area is 107 Å². The molecule has 4 heteroatoms. The van der Waals surface area contributed by atoms with Gasteiger partial charge in [0.2, 0.25) is 0 Å². The number of rotatable bonds is 3. The Morgan fingerprint density at radius 3 is 2.17 bits per heavy atom. The van der Waals surface area contributed by atoms with Crippen molar-refractivity contribution in [1.29, 1.82) is 0 Å². The van der Waals surface area contributed by atoms with Crippen LogP contribution in [0.2, 0.25) is 0 Å². The van der Waals surface area contributed by atoms with Gasteiger partial charge in [-0.05, 0) is 44.0 Å². The Morgan fingerprint density at radius 1 is 1.11 bits per heavy atom. The molecule has 2 aromatic rings. The summed E-state index contributed by atoms with van der Waals surface area (Å²) in [7, 11) is 0. The van der Waals surface area contributed by atoms with Gasteiger partial charge in [0, 0.05) is 29.3 Å². The molecular weight excluding hydrogens is 224 g/mol.